The molecule has 1 heterocycles. The molecule has 0 spiro atoms. The molecule has 0 fully saturated rings. The van der Waals surface area contributed by atoms with Crippen molar-refractivity contribution in [3.8, 4) is 0 Å². The minimum absolute atomic E-state index is 0.0159. The number of aromatic nitrogens is 1. The summed E-state index contributed by atoms with van der Waals surface area (Å²) >= 11 is 2.88. The van der Waals surface area contributed by atoms with E-state index >= 15 is 0 Å². The summed E-state index contributed by atoms with van der Waals surface area (Å²) in [5, 5.41) is 0.632. The third-order valence-electron chi connectivity index (χ3n) is 3.96. The molecule has 1 amide bonds. The van der Waals surface area contributed by atoms with Gasteiger partial charge in [-0.15, -0.1) is 11.8 Å². The SMILES string of the molecule is CN(C)CCCN(C(=O)CSc1ccccc1)c1nc2ccc(F)cc2s1. The molecule has 0 aliphatic rings. The number of anilines is 1. The zero-order valence-corrected chi connectivity index (χ0v) is 17.0. The van der Waals surface area contributed by atoms with E-state index in [9.17, 15) is 9.18 Å². The third-order valence-corrected chi connectivity index (χ3v) is 6.00. The van der Waals surface area contributed by atoms with Gasteiger partial charge in [0.25, 0.3) is 0 Å². The lowest BCUT2D eigenvalue weighted by Crippen LogP contribution is -2.34. The average molecular weight is 404 g/mol. The van der Waals surface area contributed by atoms with Crippen LogP contribution in [-0.4, -0.2) is 48.7 Å². The highest BCUT2D eigenvalue weighted by atomic mass is 32.2. The van der Waals surface area contributed by atoms with E-state index in [0.717, 1.165) is 28.1 Å². The van der Waals surface area contributed by atoms with Gasteiger partial charge in [0.1, 0.15) is 5.82 Å². The van der Waals surface area contributed by atoms with E-state index in [0.29, 0.717) is 17.4 Å². The number of amides is 1. The second kappa shape index (κ2) is 9.30. The molecule has 3 rings (SSSR count). The number of fused-ring (bicyclic) bond motifs is 1. The Balaban J connectivity index is 1.77. The number of thiazole rings is 1. The molecule has 7 heteroatoms. The van der Waals surface area contributed by atoms with Crippen LogP contribution in [0.3, 0.4) is 0 Å². The van der Waals surface area contributed by atoms with Gasteiger partial charge >= 0.3 is 0 Å². The molecular weight excluding hydrogens is 381 g/mol. The van der Waals surface area contributed by atoms with Crippen molar-refractivity contribution in [3.05, 3.63) is 54.3 Å². The van der Waals surface area contributed by atoms with E-state index in [1.807, 2.05) is 44.4 Å². The molecule has 0 unspecified atom stereocenters. The van der Waals surface area contributed by atoms with Crippen LogP contribution in [0.25, 0.3) is 10.2 Å². The van der Waals surface area contributed by atoms with E-state index in [1.54, 1.807) is 11.0 Å². The van der Waals surface area contributed by atoms with Crippen LogP contribution in [0.1, 0.15) is 6.42 Å². The Morgan fingerprint density at radius 2 is 1.93 bits per heavy atom. The summed E-state index contributed by atoms with van der Waals surface area (Å²) in [6, 6.07) is 14.4. The van der Waals surface area contributed by atoms with Gasteiger partial charge in [-0.25, -0.2) is 9.37 Å². The lowest BCUT2D eigenvalue weighted by Gasteiger charge is -2.21. The fraction of sp³-hybridized carbons (Fsp3) is 0.300. The molecular formula is C20H22FN3OS2. The predicted octanol–water partition coefficient (Wildman–Crippen LogP) is 4.51. The van der Waals surface area contributed by atoms with E-state index in [4.69, 9.17) is 0 Å². The number of rotatable bonds is 8. The molecule has 0 saturated heterocycles. The van der Waals surface area contributed by atoms with Gasteiger partial charge in [-0.2, -0.15) is 0 Å². The first-order valence-corrected chi connectivity index (χ1v) is 10.5. The van der Waals surface area contributed by atoms with Gasteiger partial charge in [-0.05, 0) is 57.4 Å². The van der Waals surface area contributed by atoms with E-state index in [2.05, 4.69) is 9.88 Å². The topological polar surface area (TPSA) is 36.4 Å². The van der Waals surface area contributed by atoms with Crippen LogP contribution in [0.4, 0.5) is 9.52 Å². The first kappa shape index (κ1) is 19.8. The van der Waals surface area contributed by atoms with Crippen molar-refractivity contribution in [1.29, 1.82) is 0 Å². The van der Waals surface area contributed by atoms with Crippen LogP contribution in [0, 0.1) is 5.82 Å². The molecule has 0 N–H and O–H groups in total. The summed E-state index contributed by atoms with van der Waals surface area (Å²) in [5.41, 5.74) is 0.720. The minimum Gasteiger partial charge on any atom is -0.309 e. The van der Waals surface area contributed by atoms with Crippen molar-refractivity contribution >= 4 is 44.4 Å². The number of hydrogen-bond donors (Lipinski definition) is 0. The minimum atomic E-state index is -0.289. The zero-order chi connectivity index (χ0) is 19.2. The number of hydrogen-bond acceptors (Lipinski definition) is 5. The van der Waals surface area contributed by atoms with Crippen molar-refractivity contribution in [2.75, 3.05) is 37.8 Å². The zero-order valence-electron chi connectivity index (χ0n) is 15.4. The second-order valence-corrected chi connectivity index (χ2v) is 8.47. The van der Waals surface area contributed by atoms with Crippen LogP contribution in [0.2, 0.25) is 0 Å². The van der Waals surface area contributed by atoms with Crippen molar-refractivity contribution in [1.82, 2.24) is 9.88 Å². The molecule has 1 aromatic heterocycles. The van der Waals surface area contributed by atoms with E-state index < -0.39 is 0 Å². The van der Waals surface area contributed by atoms with Crippen LogP contribution in [0.15, 0.2) is 53.4 Å². The highest BCUT2D eigenvalue weighted by Gasteiger charge is 2.20. The van der Waals surface area contributed by atoms with Gasteiger partial charge in [-0.1, -0.05) is 29.5 Å². The fourth-order valence-electron chi connectivity index (χ4n) is 2.61. The van der Waals surface area contributed by atoms with Gasteiger partial charge < -0.3 is 4.90 Å². The van der Waals surface area contributed by atoms with Crippen LogP contribution in [0.5, 0.6) is 0 Å². The normalized spacial score (nSPS) is 11.3. The summed E-state index contributed by atoms with van der Waals surface area (Å²) in [6.45, 7) is 1.48. The highest BCUT2D eigenvalue weighted by Crippen LogP contribution is 2.30. The summed E-state index contributed by atoms with van der Waals surface area (Å²) < 4.78 is 14.3. The average Bonchev–Trinajstić information content (AvgIpc) is 3.06. The molecule has 0 radical (unpaired) electrons. The number of carbonyl (C=O) groups excluding carboxylic acids is 1. The largest absolute Gasteiger partial charge is 0.309 e. The Kier molecular flexibility index (Phi) is 6.82. The maximum atomic E-state index is 13.5. The Morgan fingerprint density at radius 1 is 1.15 bits per heavy atom. The van der Waals surface area contributed by atoms with Crippen molar-refractivity contribution in [2.24, 2.45) is 0 Å². The lowest BCUT2D eigenvalue weighted by atomic mass is 10.3. The summed E-state index contributed by atoms with van der Waals surface area (Å²) in [4.78, 5) is 22.4. The highest BCUT2D eigenvalue weighted by molar-refractivity contribution is 8.00. The monoisotopic (exact) mass is 403 g/mol. The second-order valence-electron chi connectivity index (χ2n) is 6.41. The quantitative estimate of drug-likeness (QED) is 0.519. The van der Waals surface area contributed by atoms with Gasteiger partial charge in [0.05, 0.1) is 16.0 Å². The van der Waals surface area contributed by atoms with Crippen molar-refractivity contribution in [3.63, 3.8) is 0 Å². The molecule has 142 valence electrons. The van der Waals surface area contributed by atoms with Crippen molar-refractivity contribution < 1.29 is 9.18 Å². The number of benzene rings is 2. The van der Waals surface area contributed by atoms with Gasteiger partial charge in [0.15, 0.2) is 5.13 Å². The van der Waals surface area contributed by atoms with Gasteiger partial charge in [0, 0.05) is 11.4 Å². The van der Waals surface area contributed by atoms with Crippen LogP contribution < -0.4 is 4.90 Å². The Morgan fingerprint density at radius 3 is 2.67 bits per heavy atom. The number of thioether (sulfide) groups is 1. The molecule has 0 saturated carbocycles. The molecule has 0 aliphatic heterocycles. The van der Waals surface area contributed by atoms with Gasteiger partial charge in [0.2, 0.25) is 5.91 Å². The summed E-state index contributed by atoms with van der Waals surface area (Å²) in [7, 11) is 4.02. The smallest absolute Gasteiger partial charge is 0.239 e. The number of halogens is 1. The van der Waals surface area contributed by atoms with E-state index in [-0.39, 0.29) is 11.7 Å². The summed E-state index contributed by atoms with van der Waals surface area (Å²) in [6.07, 6.45) is 0.846. The first-order chi connectivity index (χ1) is 13.0. The van der Waals surface area contributed by atoms with E-state index in [1.165, 1.54) is 35.2 Å². The number of carbonyl (C=O) groups is 1. The maximum Gasteiger partial charge on any atom is 0.239 e. The number of nitrogens with zero attached hydrogens (tertiary/aromatic N) is 3. The Bertz CT molecular complexity index is 899. The Labute approximate surface area is 167 Å². The lowest BCUT2D eigenvalue weighted by molar-refractivity contribution is -0.116. The molecule has 4 nitrogen and oxygen atoms in total. The fourth-order valence-corrected chi connectivity index (χ4v) is 4.44. The standard InChI is InChI=1S/C20H22FN3OS2/c1-23(2)11-6-12-24(19(25)14-26-16-7-4-3-5-8-16)20-22-17-10-9-15(21)13-18(17)27-20/h3-5,7-10,13H,6,11-12,14H2,1-2H3. The molecule has 0 aliphatic carbocycles. The maximum absolute atomic E-state index is 13.5. The third kappa shape index (κ3) is 5.51. The van der Waals surface area contributed by atoms with Crippen LogP contribution in [-0.2, 0) is 4.79 Å². The summed E-state index contributed by atoms with van der Waals surface area (Å²) in [5.74, 6) is 0.0703. The predicted molar refractivity (Wildman–Crippen MR) is 112 cm³/mol. The molecule has 3 aromatic rings. The van der Waals surface area contributed by atoms with Crippen molar-refractivity contribution in [2.45, 2.75) is 11.3 Å². The molecule has 2 aromatic carbocycles. The first-order valence-electron chi connectivity index (χ1n) is 8.72. The van der Waals surface area contributed by atoms with Gasteiger partial charge in [-0.3, -0.25) is 9.69 Å². The Hall–Kier alpha value is -1.96. The molecule has 0 bridgehead atoms. The molecule has 27 heavy (non-hydrogen) atoms. The van der Waals surface area contributed by atoms with Crippen LogP contribution >= 0.6 is 23.1 Å². The molecule has 0 atom stereocenters.